The molecule has 0 saturated heterocycles. The molecule has 6 aromatic heterocycles. The van der Waals surface area contributed by atoms with Crippen molar-refractivity contribution in [1.82, 2.24) is 33.2 Å². The summed E-state index contributed by atoms with van der Waals surface area (Å²) in [5.74, 6) is 0.615. The van der Waals surface area contributed by atoms with Crippen molar-refractivity contribution < 1.29 is 0 Å². The summed E-state index contributed by atoms with van der Waals surface area (Å²) >= 11 is 1.73. The Morgan fingerprint density at radius 3 is 0.976 bits per heavy atom. The van der Waals surface area contributed by atoms with Crippen LogP contribution in [0.15, 0.2) is 285 Å². The third-order valence-electron chi connectivity index (χ3n) is 17.2. The summed E-state index contributed by atoms with van der Waals surface area (Å²) in [6.07, 6.45) is 0. The topological polar surface area (TPSA) is 58.4 Å². The number of para-hydroxylation sites is 9. The highest BCUT2D eigenvalue weighted by molar-refractivity contribution is 7.21. The van der Waals surface area contributed by atoms with E-state index in [1.54, 1.807) is 11.3 Å². The highest BCUT2D eigenvalue weighted by atomic mass is 32.1. The number of fused-ring (bicyclic) bond motifs is 13. The van der Waals surface area contributed by atoms with Crippen molar-refractivity contribution in [3.8, 4) is 67.2 Å². The molecule has 12 aromatic carbocycles. The van der Waals surface area contributed by atoms with E-state index in [0.29, 0.717) is 5.82 Å². The molecule has 0 N–H and O–H groups in total. The van der Waals surface area contributed by atoms with Crippen LogP contribution in [0.4, 0.5) is 0 Å². The molecule has 8 heteroatoms. The number of thiazole rings is 1. The Balaban J connectivity index is 1.22. The molecule has 85 heavy (non-hydrogen) atoms. The summed E-state index contributed by atoms with van der Waals surface area (Å²) in [4.78, 5) is 17.4. The minimum absolute atomic E-state index is 0.615. The molecule has 0 radical (unpaired) electrons. The molecule has 0 atom stereocenters. The monoisotopic (exact) mass is 1100 g/mol. The van der Waals surface area contributed by atoms with Crippen LogP contribution in [0.5, 0.6) is 0 Å². The van der Waals surface area contributed by atoms with Gasteiger partial charge in [0, 0.05) is 54.2 Å². The van der Waals surface area contributed by atoms with Crippen molar-refractivity contribution in [2.75, 3.05) is 0 Å². The molecule has 0 bridgehead atoms. The molecule has 0 aliphatic heterocycles. The summed E-state index contributed by atoms with van der Waals surface area (Å²) in [5, 5.41) is 10.0. The van der Waals surface area contributed by atoms with Crippen LogP contribution in [-0.4, -0.2) is 33.2 Å². The van der Waals surface area contributed by atoms with Crippen LogP contribution in [0.3, 0.4) is 0 Å². The van der Waals surface area contributed by atoms with Crippen molar-refractivity contribution in [3.63, 3.8) is 0 Å². The van der Waals surface area contributed by atoms with Gasteiger partial charge in [0.05, 0.1) is 99.6 Å². The number of hydrogen-bond acceptors (Lipinski definition) is 4. The van der Waals surface area contributed by atoms with Crippen LogP contribution >= 0.6 is 11.3 Å². The SMILES string of the molecule is c1ccc(-c2cc(-c3c(-n4c5ccccc5c5ccccc54)c(-c4nc5ccccc5s4)c(-n4c5ccccc5c5ccccc54)c(-n4c5ccccc5c5ccccc54)c3-n3c4ccccc4c4ccccc43)nc(-c3ccccc3)n2)cc1. The Morgan fingerprint density at radius 2 is 0.565 bits per heavy atom. The van der Waals surface area contributed by atoms with Gasteiger partial charge < -0.3 is 18.3 Å². The normalized spacial score (nSPS) is 12.0. The van der Waals surface area contributed by atoms with Gasteiger partial charge in [0.15, 0.2) is 5.82 Å². The van der Waals surface area contributed by atoms with E-state index in [9.17, 15) is 0 Å². The fourth-order valence-corrected chi connectivity index (χ4v) is 14.7. The lowest BCUT2D eigenvalue weighted by Crippen LogP contribution is -2.16. The van der Waals surface area contributed by atoms with Gasteiger partial charge in [-0.05, 0) is 66.7 Å². The van der Waals surface area contributed by atoms with Gasteiger partial charge in [-0.1, -0.05) is 218 Å². The van der Waals surface area contributed by atoms with Gasteiger partial charge in [0.2, 0.25) is 0 Å². The van der Waals surface area contributed by atoms with Gasteiger partial charge in [-0.15, -0.1) is 11.3 Å². The molecule has 0 aliphatic carbocycles. The molecule has 18 rings (SSSR count). The fraction of sp³-hybridized carbons (Fsp3) is 0. The Labute approximate surface area is 491 Å². The van der Waals surface area contributed by atoms with Crippen molar-refractivity contribution in [2.24, 2.45) is 0 Å². The van der Waals surface area contributed by atoms with Gasteiger partial charge >= 0.3 is 0 Å². The number of nitrogens with zero attached hydrogens (tertiary/aromatic N) is 7. The smallest absolute Gasteiger partial charge is 0.160 e. The number of rotatable bonds is 8. The maximum Gasteiger partial charge on any atom is 0.160 e. The van der Waals surface area contributed by atoms with Gasteiger partial charge in [0.1, 0.15) is 5.01 Å². The van der Waals surface area contributed by atoms with Crippen molar-refractivity contribution in [2.45, 2.75) is 0 Å². The molecular formula is C77H47N7S. The van der Waals surface area contributed by atoms with E-state index in [2.05, 4.69) is 303 Å². The summed E-state index contributed by atoms with van der Waals surface area (Å²) in [6, 6.07) is 103. The zero-order chi connectivity index (χ0) is 55.7. The first kappa shape index (κ1) is 47.4. The van der Waals surface area contributed by atoms with Crippen LogP contribution in [0, 0.1) is 0 Å². The maximum absolute atomic E-state index is 6.01. The maximum atomic E-state index is 6.01. The fourth-order valence-electron chi connectivity index (χ4n) is 13.7. The van der Waals surface area contributed by atoms with E-state index < -0.39 is 0 Å². The summed E-state index contributed by atoms with van der Waals surface area (Å²) in [5.41, 5.74) is 18.5. The lowest BCUT2D eigenvalue weighted by Gasteiger charge is -2.30. The number of aromatic nitrogens is 7. The average molecular weight is 1100 g/mol. The van der Waals surface area contributed by atoms with Gasteiger partial charge in [-0.3, -0.25) is 0 Å². The highest BCUT2D eigenvalue weighted by Gasteiger charge is 2.37. The molecule has 396 valence electrons. The highest BCUT2D eigenvalue weighted by Crippen LogP contribution is 2.55. The second kappa shape index (κ2) is 18.7. The van der Waals surface area contributed by atoms with E-state index in [0.717, 1.165) is 159 Å². The molecule has 0 saturated carbocycles. The lowest BCUT2D eigenvalue weighted by molar-refractivity contribution is 1.03. The minimum atomic E-state index is 0.615. The standard InChI is InChI=1S/C77H47N7S/c1-3-25-48(26-4-1)59-47-60(79-76(78-59)49-27-5-2-6-28-49)70-72(81-61-38-16-7-29-50(61)51-30-8-17-39-62(51)81)71(77-80-58-37-15-24-46-69(58)85-77)74(83-65-42-20-11-33-54(65)55-34-12-21-43-66(55)83)75(84-67-44-22-13-35-56(67)57-36-14-23-45-68(57)84)73(70)82-63-40-18-9-31-52(63)53-32-10-19-41-64(53)82/h1-47H. The summed E-state index contributed by atoms with van der Waals surface area (Å²) in [6.45, 7) is 0. The van der Waals surface area contributed by atoms with Gasteiger partial charge in [-0.25, -0.2) is 15.0 Å². The van der Waals surface area contributed by atoms with Crippen LogP contribution in [0.2, 0.25) is 0 Å². The van der Waals surface area contributed by atoms with Crippen LogP contribution < -0.4 is 0 Å². The molecule has 6 heterocycles. The minimum Gasteiger partial charge on any atom is -0.308 e. The number of hydrogen-bond donors (Lipinski definition) is 0. The van der Waals surface area contributed by atoms with E-state index in [4.69, 9.17) is 15.0 Å². The predicted octanol–water partition coefficient (Wildman–Crippen LogP) is 20.1. The molecule has 0 fully saturated rings. The molecule has 0 amide bonds. The first-order valence-corrected chi connectivity index (χ1v) is 29.6. The quantitative estimate of drug-likeness (QED) is 0.152. The van der Waals surface area contributed by atoms with Crippen molar-refractivity contribution >= 4 is 109 Å². The third-order valence-corrected chi connectivity index (χ3v) is 18.3. The largest absolute Gasteiger partial charge is 0.308 e. The first-order chi connectivity index (χ1) is 42.2. The molecule has 0 spiro atoms. The number of benzene rings is 12. The Hall–Kier alpha value is -11.2. The van der Waals surface area contributed by atoms with Crippen LogP contribution in [0.1, 0.15) is 0 Å². The predicted molar refractivity (Wildman–Crippen MR) is 354 cm³/mol. The zero-order valence-electron chi connectivity index (χ0n) is 45.7. The lowest BCUT2D eigenvalue weighted by atomic mass is 9.94. The third kappa shape index (κ3) is 7.03. The van der Waals surface area contributed by atoms with Gasteiger partial charge in [0.25, 0.3) is 0 Å². The van der Waals surface area contributed by atoms with E-state index >= 15 is 0 Å². The van der Waals surface area contributed by atoms with Gasteiger partial charge in [-0.2, -0.15) is 0 Å². The second-order valence-electron chi connectivity index (χ2n) is 21.8. The molecule has 18 aromatic rings. The molecule has 7 nitrogen and oxygen atoms in total. The van der Waals surface area contributed by atoms with E-state index in [1.807, 2.05) is 0 Å². The van der Waals surface area contributed by atoms with E-state index in [-0.39, 0.29) is 0 Å². The molecule has 0 aliphatic rings. The van der Waals surface area contributed by atoms with E-state index in [1.165, 1.54) is 0 Å². The van der Waals surface area contributed by atoms with Crippen LogP contribution in [-0.2, 0) is 0 Å². The van der Waals surface area contributed by atoms with Crippen molar-refractivity contribution in [3.05, 3.63) is 285 Å². The Bertz CT molecular complexity index is 5440. The Morgan fingerprint density at radius 1 is 0.247 bits per heavy atom. The zero-order valence-corrected chi connectivity index (χ0v) is 46.5. The van der Waals surface area contributed by atoms with Crippen LogP contribution in [0.25, 0.3) is 165 Å². The Kier molecular flexibility index (Phi) is 10.4. The summed E-state index contributed by atoms with van der Waals surface area (Å²) in [7, 11) is 0. The second-order valence-corrected chi connectivity index (χ2v) is 22.8. The summed E-state index contributed by atoms with van der Waals surface area (Å²) < 4.78 is 11.3. The average Bonchev–Trinajstić information content (AvgIpc) is 1.72. The van der Waals surface area contributed by atoms with Crippen molar-refractivity contribution in [1.29, 1.82) is 0 Å². The molecular weight excluding hydrogens is 1050 g/mol. The first-order valence-electron chi connectivity index (χ1n) is 28.8. The molecule has 0 unspecified atom stereocenters.